The molecule has 3 aromatic carbocycles. The Bertz CT molecular complexity index is 1250. The maximum atomic E-state index is 13.3. The van der Waals surface area contributed by atoms with Crippen LogP contribution in [-0.2, 0) is 11.3 Å². The van der Waals surface area contributed by atoms with Crippen molar-refractivity contribution in [3.8, 4) is 5.75 Å². The van der Waals surface area contributed by atoms with Crippen molar-refractivity contribution in [1.82, 2.24) is 14.9 Å². The lowest BCUT2D eigenvalue weighted by Crippen LogP contribution is -2.32. The van der Waals surface area contributed by atoms with Crippen LogP contribution in [0.25, 0.3) is 11.0 Å². The fraction of sp³-hybridized carbons (Fsp3) is 0.231. The first kappa shape index (κ1) is 21.6. The van der Waals surface area contributed by atoms with E-state index in [1.807, 2.05) is 63.2 Å². The van der Waals surface area contributed by atoms with Gasteiger partial charge in [-0.3, -0.25) is 4.79 Å². The number of imidazole rings is 1. The van der Waals surface area contributed by atoms with E-state index >= 15 is 0 Å². The highest BCUT2D eigenvalue weighted by molar-refractivity contribution is 5.79. The first-order valence-electron chi connectivity index (χ1n) is 10.6. The molecule has 164 valence electrons. The summed E-state index contributed by atoms with van der Waals surface area (Å²) >= 11 is 0. The summed E-state index contributed by atoms with van der Waals surface area (Å²) in [4.78, 5) is 17.4. The zero-order valence-corrected chi connectivity index (χ0v) is 18.4. The molecule has 0 radical (unpaired) electrons. The molecule has 6 heteroatoms. The number of para-hydroxylation sites is 2. The Morgan fingerprint density at radius 1 is 1.09 bits per heavy atom. The highest BCUT2D eigenvalue weighted by atomic mass is 19.1. The first-order chi connectivity index (χ1) is 15.4. The van der Waals surface area contributed by atoms with Crippen molar-refractivity contribution in [2.45, 2.75) is 33.4 Å². The van der Waals surface area contributed by atoms with Crippen LogP contribution in [0, 0.1) is 19.7 Å². The molecule has 0 aliphatic rings. The highest BCUT2D eigenvalue weighted by Crippen LogP contribution is 2.23. The molecule has 1 N–H and O–H groups in total. The Morgan fingerprint density at radius 3 is 2.62 bits per heavy atom. The second-order valence-corrected chi connectivity index (χ2v) is 8.02. The van der Waals surface area contributed by atoms with E-state index in [2.05, 4.69) is 9.88 Å². The number of nitrogens with one attached hydrogen (secondary N) is 1. The SMILES string of the molecule is Cc1ccc(C)c(OCC(=O)NC(C)c2nc3ccccc3n2Cc2ccc(F)cc2)c1. The smallest absolute Gasteiger partial charge is 0.258 e. The molecule has 1 heterocycles. The average Bonchev–Trinajstić information content (AvgIpc) is 3.14. The minimum atomic E-state index is -0.336. The van der Waals surface area contributed by atoms with Gasteiger partial charge in [-0.1, -0.05) is 36.4 Å². The molecular weight excluding hydrogens is 405 g/mol. The van der Waals surface area contributed by atoms with E-state index in [-0.39, 0.29) is 24.4 Å². The number of aromatic nitrogens is 2. The third-order valence-electron chi connectivity index (χ3n) is 5.41. The first-order valence-corrected chi connectivity index (χ1v) is 10.6. The molecule has 1 aromatic heterocycles. The Balaban J connectivity index is 1.52. The summed E-state index contributed by atoms with van der Waals surface area (Å²) < 4.78 is 21.1. The maximum absolute atomic E-state index is 13.3. The van der Waals surface area contributed by atoms with Gasteiger partial charge < -0.3 is 14.6 Å². The van der Waals surface area contributed by atoms with Crippen LogP contribution in [0.4, 0.5) is 4.39 Å². The number of rotatable bonds is 7. The number of aryl methyl sites for hydroxylation is 2. The maximum Gasteiger partial charge on any atom is 0.258 e. The monoisotopic (exact) mass is 431 g/mol. The van der Waals surface area contributed by atoms with E-state index in [9.17, 15) is 9.18 Å². The predicted molar refractivity (Wildman–Crippen MR) is 123 cm³/mol. The summed E-state index contributed by atoms with van der Waals surface area (Å²) in [7, 11) is 0. The zero-order chi connectivity index (χ0) is 22.7. The van der Waals surface area contributed by atoms with E-state index in [1.165, 1.54) is 12.1 Å². The van der Waals surface area contributed by atoms with Crippen molar-refractivity contribution in [1.29, 1.82) is 0 Å². The van der Waals surface area contributed by atoms with Gasteiger partial charge in [-0.15, -0.1) is 0 Å². The number of fused-ring (bicyclic) bond motifs is 1. The lowest BCUT2D eigenvalue weighted by molar-refractivity contribution is -0.123. The molecule has 0 aliphatic heterocycles. The minimum absolute atomic E-state index is 0.0766. The van der Waals surface area contributed by atoms with E-state index in [0.717, 1.165) is 33.5 Å². The molecule has 0 fully saturated rings. The minimum Gasteiger partial charge on any atom is -0.483 e. The molecule has 4 aromatic rings. The number of benzene rings is 3. The molecule has 0 saturated carbocycles. The highest BCUT2D eigenvalue weighted by Gasteiger charge is 2.19. The van der Waals surface area contributed by atoms with Crippen molar-refractivity contribution in [3.63, 3.8) is 0 Å². The third-order valence-corrected chi connectivity index (χ3v) is 5.41. The van der Waals surface area contributed by atoms with Crippen molar-refractivity contribution in [3.05, 3.63) is 95.1 Å². The van der Waals surface area contributed by atoms with Crippen LogP contribution in [0.1, 0.15) is 35.5 Å². The summed E-state index contributed by atoms with van der Waals surface area (Å²) in [6, 6.07) is 19.8. The van der Waals surface area contributed by atoms with Crippen LogP contribution >= 0.6 is 0 Å². The summed E-state index contributed by atoms with van der Waals surface area (Å²) in [5.74, 6) is 0.944. The second kappa shape index (κ2) is 9.22. The number of hydrogen-bond acceptors (Lipinski definition) is 3. The molecule has 5 nitrogen and oxygen atoms in total. The third kappa shape index (κ3) is 4.80. The number of halogens is 1. The van der Waals surface area contributed by atoms with Crippen LogP contribution in [0.15, 0.2) is 66.7 Å². The van der Waals surface area contributed by atoms with Crippen LogP contribution in [-0.4, -0.2) is 22.1 Å². The van der Waals surface area contributed by atoms with Gasteiger partial charge in [0, 0.05) is 6.54 Å². The Kier molecular flexibility index (Phi) is 6.21. The Morgan fingerprint density at radius 2 is 1.84 bits per heavy atom. The summed E-state index contributed by atoms with van der Waals surface area (Å²) in [6.07, 6.45) is 0. The summed E-state index contributed by atoms with van der Waals surface area (Å²) in [6.45, 7) is 6.29. The zero-order valence-electron chi connectivity index (χ0n) is 18.4. The van der Waals surface area contributed by atoms with Crippen LogP contribution in [0.3, 0.4) is 0 Å². The molecular formula is C26H26FN3O2. The van der Waals surface area contributed by atoms with Gasteiger partial charge in [-0.25, -0.2) is 9.37 Å². The van der Waals surface area contributed by atoms with Gasteiger partial charge in [0.25, 0.3) is 5.91 Å². The van der Waals surface area contributed by atoms with Gasteiger partial charge in [0.15, 0.2) is 6.61 Å². The summed E-state index contributed by atoms with van der Waals surface area (Å²) in [5, 5.41) is 2.99. The van der Waals surface area contributed by atoms with Crippen LogP contribution < -0.4 is 10.1 Å². The molecule has 32 heavy (non-hydrogen) atoms. The molecule has 1 amide bonds. The van der Waals surface area contributed by atoms with E-state index in [0.29, 0.717) is 12.3 Å². The molecule has 1 unspecified atom stereocenters. The molecule has 0 bridgehead atoms. The van der Waals surface area contributed by atoms with Crippen molar-refractivity contribution < 1.29 is 13.9 Å². The van der Waals surface area contributed by atoms with Crippen molar-refractivity contribution >= 4 is 16.9 Å². The quantitative estimate of drug-likeness (QED) is 0.443. The van der Waals surface area contributed by atoms with E-state index in [1.54, 1.807) is 12.1 Å². The van der Waals surface area contributed by atoms with Gasteiger partial charge in [0.2, 0.25) is 0 Å². The molecule has 4 rings (SSSR count). The number of ether oxygens (including phenoxy) is 1. The number of nitrogens with zero attached hydrogens (tertiary/aromatic N) is 2. The van der Waals surface area contributed by atoms with Gasteiger partial charge in [-0.2, -0.15) is 0 Å². The van der Waals surface area contributed by atoms with E-state index < -0.39 is 0 Å². The lowest BCUT2D eigenvalue weighted by atomic mass is 10.1. The fourth-order valence-electron chi connectivity index (χ4n) is 3.72. The standard InChI is InChI=1S/C26H26FN3O2/c1-17-8-9-18(2)24(14-17)32-16-25(31)28-19(3)26-29-22-6-4-5-7-23(22)30(26)15-20-10-12-21(27)13-11-20/h4-14,19H,15-16H2,1-3H3,(H,28,31). The fourth-order valence-corrected chi connectivity index (χ4v) is 3.72. The van der Waals surface area contributed by atoms with Gasteiger partial charge in [0.05, 0.1) is 17.1 Å². The van der Waals surface area contributed by atoms with Gasteiger partial charge in [0.1, 0.15) is 17.4 Å². The van der Waals surface area contributed by atoms with E-state index in [4.69, 9.17) is 9.72 Å². The van der Waals surface area contributed by atoms with Crippen molar-refractivity contribution in [2.75, 3.05) is 6.61 Å². The number of carbonyl (C=O) groups is 1. The molecule has 0 aliphatic carbocycles. The molecule has 0 spiro atoms. The molecule has 0 saturated heterocycles. The van der Waals surface area contributed by atoms with Gasteiger partial charge >= 0.3 is 0 Å². The normalized spacial score (nSPS) is 12.0. The largest absolute Gasteiger partial charge is 0.483 e. The Labute approximate surface area is 186 Å². The number of amides is 1. The number of carbonyl (C=O) groups excluding carboxylic acids is 1. The second-order valence-electron chi connectivity index (χ2n) is 8.02. The Hall–Kier alpha value is -3.67. The number of hydrogen-bond donors (Lipinski definition) is 1. The average molecular weight is 432 g/mol. The predicted octanol–water partition coefficient (Wildman–Crippen LogP) is 5.10. The summed E-state index contributed by atoms with van der Waals surface area (Å²) in [5.41, 5.74) is 4.82. The molecule has 1 atom stereocenters. The van der Waals surface area contributed by atoms with Crippen molar-refractivity contribution in [2.24, 2.45) is 0 Å². The van der Waals surface area contributed by atoms with Crippen LogP contribution in [0.5, 0.6) is 5.75 Å². The van der Waals surface area contributed by atoms with Crippen LogP contribution in [0.2, 0.25) is 0 Å². The topological polar surface area (TPSA) is 56.1 Å². The lowest BCUT2D eigenvalue weighted by Gasteiger charge is -2.17. The van der Waals surface area contributed by atoms with Gasteiger partial charge in [-0.05, 0) is 67.8 Å².